The van der Waals surface area contributed by atoms with Gasteiger partial charge in [-0.1, -0.05) is 152 Å². The van der Waals surface area contributed by atoms with Crippen molar-refractivity contribution in [2.75, 3.05) is 0 Å². The van der Waals surface area contributed by atoms with Gasteiger partial charge in [-0.25, -0.2) is 0 Å². The summed E-state index contributed by atoms with van der Waals surface area (Å²) in [6, 6.07) is 128. The SMILES string of the molecule is N#Cc1ccc2c(c1)c1cc(-c3cccc(-c4cc5ccc6cc(-c7cc(-c8ccccn8)cc(-c8ccccn8)c7)cc7ccc(c4)c5c67)c3)ccc1n2-c1ccccc1.N#Cc1ccc2c(c1)c1cc(-c3cccc(-c4cc5ccc6cc(-c7cccnc7)cc7ccc(c4)c5c67)c3)ccc1n2-c1ccccc1. The fourth-order valence-corrected chi connectivity index (χ4v) is 17.0. The molecule has 0 radical (unpaired) electrons. The third kappa shape index (κ3) is 10.8. The molecule has 22 aromatic rings. The lowest BCUT2D eigenvalue weighted by Crippen LogP contribution is -1.93. The molecule has 0 aliphatic carbocycles. The molecule has 0 aliphatic heterocycles. The third-order valence-electron chi connectivity index (χ3n) is 22.1. The van der Waals surface area contributed by atoms with Crippen LogP contribution in [0, 0.1) is 22.7 Å². The molecule has 0 spiro atoms. The van der Waals surface area contributed by atoms with E-state index in [0.717, 1.165) is 116 Å². The van der Waals surface area contributed by atoms with E-state index in [9.17, 15) is 10.5 Å². The molecule has 5 heterocycles. The van der Waals surface area contributed by atoms with Crippen LogP contribution in [0.5, 0.6) is 0 Å². The number of para-hydroxylation sites is 2. The Morgan fingerprint density at radius 1 is 0.218 bits per heavy atom. The van der Waals surface area contributed by atoms with Crippen molar-refractivity contribution in [3.8, 4) is 113 Å². The van der Waals surface area contributed by atoms with E-state index in [4.69, 9.17) is 0 Å². The zero-order chi connectivity index (χ0) is 72.9. The molecule has 22 rings (SSSR count). The molecule has 7 heteroatoms. The van der Waals surface area contributed by atoms with E-state index in [1.54, 1.807) is 0 Å². The van der Waals surface area contributed by atoms with Crippen molar-refractivity contribution in [1.82, 2.24) is 24.1 Å². The summed E-state index contributed by atoms with van der Waals surface area (Å²) in [5.41, 5.74) is 25.8. The molecule has 17 aromatic carbocycles. The summed E-state index contributed by atoms with van der Waals surface area (Å²) in [6.45, 7) is 0. The van der Waals surface area contributed by atoms with Gasteiger partial charge in [0.2, 0.25) is 0 Å². The Hall–Kier alpha value is -15.2. The Morgan fingerprint density at radius 2 is 0.527 bits per heavy atom. The summed E-state index contributed by atoms with van der Waals surface area (Å²) >= 11 is 0. The second-order valence-corrected chi connectivity index (χ2v) is 28.6. The van der Waals surface area contributed by atoms with Crippen LogP contribution >= 0.6 is 0 Å². The second kappa shape index (κ2) is 25.9. The third-order valence-corrected chi connectivity index (χ3v) is 22.1. The van der Waals surface area contributed by atoms with Crippen molar-refractivity contribution in [1.29, 1.82) is 10.5 Å². The molecule has 0 saturated carbocycles. The highest BCUT2D eigenvalue weighted by Crippen LogP contribution is 2.45. The van der Waals surface area contributed by atoms with Gasteiger partial charge >= 0.3 is 0 Å². The molecule has 0 bridgehead atoms. The zero-order valence-electron chi connectivity index (χ0n) is 59.3. The summed E-state index contributed by atoms with van der Waals surface area (Å²) in [6.07, 6.45) is 7.44. The van der Waals surface area contributed by atoms with Crippen molar-refractivity contribution in [3.63, 3.8) is 0 Å². The summed E-state index contributed by atoms with van der Waals surface area (Å²) in [4.78, 5) is 13.7. The molecule has 0 amide bonds. The number of hydrogen-bond acceptors (Lipinski definition) is 5. The standard InChI is InChI=1S/C57H34N4.C46H27N3/c58-35-36-15-21-54-50(25-36)51-34-39(20-22-55(51)61(54)49-11-2-1-3-12-49)37-9-8-10-38(26-37)44-27-40-16-18-42-29-45(30-43-19-17-41(28-44)56(40)57(42)43)46-31-47(52-13-4-6-23-59-52)33-48(32-46)53-14-5-7-24-60-53;47-27-29-11-17-43-41(20-29)42-26-32(16-18-44(42)49(43)40-9-2-1-3-10-40)30-6-4-7-31(21-30)38-22-33-12-14-35-24-39(37-8-5-19-48-28-37)25-36-15-13-34(23-38)45(33)46(35)36/h1-34H;1-26,28H. The number of benzene rings is 17. The van der Waals surface area contributed by atoms with E-state index in [1.807, 2.05) is 91.5 Å². The Morgan fingerprint density at radius 3 is 0.891 bits per heavy atom. The van der Waals surface area contributed by atoms with E-state index < -0.39 is 0 Å². The van der Waals surface area contributed by atoms with Crippen molar-refractivity contribution >= 4 is 108 Å². The van der Waals surface area contributed by atoms with Crippen LogP contribution in [0.1, 0.15) is 11.1 Å². The van der Waals surface area contributed by atoms with Crippen LogP contribution in [0.2, 0.25) is 0 Å². The molecule has 0 unspecified atom stereocenters. The van der Waals surface area contributed by atoms with Crippen molar-refractivity contribution in [3.05, 3.63) is 382 Å². The van der Waals surface area contributed by atoms with E-state index >= 15 is 0 Å². The maximum atomic E-state index is 9.80. The Balaban J connectivity index is 0.000000143. The molecule has 508 valence electrons. The van der Waals surface area contributed by atoms with Gasteiger partial charge in [0.05, 0.1) is 56.7 Å². The van der Waals surface area contributed by atoms with Gasteiger partial charge in [-0.15, -0.1) is 0 Å². The number of aromatic nitrogens is 5. The van der Waals surface area contributed by atoms with Crippen LogP contribution in [0.3, 0.4) is 0 Å². The highest BCUT2D eigenvalue weighted by atomic mass is 15.0. The number of rotatable bonds is 10. The van der Waals surface area contributed by atoms with Gasteiger partial charge < -0.3 is 9.13 Å². The molecular weight excluding hydrogens is 1340 g/mol. The maximum Gasteiger partial charge on any atom is 0.0991 e. The van der Waals surface area contributed by atoms with Gasteiger partial charge in [-0.05, 0) is 320 Å². The van der Waals surface area contributed by atoms with E-state index in [2.05, 4.69) is 315 Å². The van der Waals surface area contributed by atoms with Gasteiger partial charge in [-0.2, -0.15) is 10.5 Å². The van der Waals surface area contributed by atoms with E-state index in [1.165, 1.54) is 92.5 Å². The lowest BCUT2D eigenvalue weighted by atomic mass is 9.88. The molecule has 5 aromatic heterocycles. The minimum atomic E-state index is 0.656. The molecule has 0 saturated heterocycles. The molecule has 0 aliphatic rings. The van der Waals surface area contributed by atoms with Crippen molar-refractivity contribution < 1.29 is 0 Å². The van der Waals surface area contributed by atoms with Crippen molar-refractivity contribution in [2.24, 2.45) is 0 Å². The lowest BCUT2D eigenvalue weighted by Gasteiger charge is -2.16. The predicted molar refractivity (Wildman–Crippen MR) is 455 cm³/mol. The first kappa shape index (κ1) is 63.3. The maximum absolute atomic E-state index is 9.80. The Bertz CT molecular complexity index is 7330. The lowest BCUT2D eigenvalue weighted by molar-refractivity contribution is 1.18. The van der Waals surface area contributed by atoms with Crippen LogP contribution in [-0.2, 0) is 0 Å². The first-order chi connectivity index (χ1) is 54.4. The van der Waals surface area contributed by atoms with Crippen LogP contribution in [0.15, 0.2) is 371 Å². The average molecular weight is 1400 g/mol. The summed E-state index contributed by atoms with van der Waals surface area (Å²) < 4.78 is 4.58. The van der Waals surface area contributed by atoms with Gasteiger partial charge in [-0.3, -0.25) is 15.0 Å². The van der Waals surface area contributed by atoms with E-state index in [0.29, 0.717) is 11.1 Å². The zero-order valence-corrected chi connectivity index (χ0v) is 59.3. The van der Waals surface area contributed by atoms with Gasteiger partial charge in [0, 0.05) is 74.4 Å². The number of nitrogens with zero attached hydrogens (tertiary/aromatic N) is 7. The van der Waals surface area contributed by atoms with Gasteiger partial charge in [0.25, 0.3) is 0 Å². The number of fused-ring (bicyclic) bond motifs is 6. The van der Waals surface area contributed by atoms with Crippen LogP contribution in [-0.4, -0.2) is 24.1 Å². The largest absolute Gasteiger partial charge is 0.309 e. The fourth-order valence-electron chi connectivity index (χ4n) is 17.0. The van der Waals surface area contributed by atoms with Gasteiger partial charge in [0.15, 0.2) is 0 Å². The number of nitriles is 2. The highest BCUT2D eigenvalue weighted by Gasteiger charge is 2.21. The van der Waals surface area contributed by atoms with Gasteiger partial charge in [0.1, 0.15) is 0 Å². The minimum Gasteiger partial charge on any atom is -0.309 e. The highest BCUT2D eigenvalue weighted by molar-refractivity contribution is 6.26. The monoisotopic (exact) mass is 1400 g/mol. The quantitative estimate of drug-likeness (QED) is 0.127. The Labute approximate surface area is 633 Å². The van der Waals surface area contributed by atoms with Crippen LogP contribution in [0.4, 0.5) is 0 Å². The Kier molecular flexibility index (Phi) is 14.9. The second-order valence-electron chi connectivity index (χ2n) is 28.6. The normalized spacial score (nSPS) is 11.6. The molecule has 0 N–H and O–H groups in total. The van der Waals surface area contributed by atoms with E-state index in [-0.39, 0.29) is 0 Å². The molecule has 110 heavy (non-hydrogen) atoms. The molecule has 0 fully saturated rings. The molecule has 7 nitrogen and oxygen atoms in total. The fraction of sp³-hybridized carbons (Fsp3) is 0. The molecular formula is C103H61N7. The van der Waals surface area contributed by atoms with Crippen LogP contribution < -0.4 is 0 Å². The first-order valence-electron chi connectivity index (χ1n) is 37.0. The van der Waals surface area contributed by atoms with Crippen LogP contribution in [0.25, 0.3) is 209 Å². The number of hydrogen-bond donors (Lipinski definition) is 0. The smallest absolute Gasteiger partial charge is 0.0991 e. The predicted octanol–water partition coefficient (Wildman–Crippen LogP) is 26.6. The minimum absolute atomic E-state index is 0.656. The average Bonchev–Trinajstić information content (AvgIpc) is 1.72. The summed E-state index contributed by atoms with van der Waals surface area (Å²) in [5.74, 6) is 0. The summed E-state index contributed by atoms with van der Waals surface area (Å²) in [7, 11) is 0. The topological polar surface area (TPSA) is 96.1 Å². The number of pyridine rings is 3. The summed E-state index contributed by atoms with van der Waals surface area (Å²) in [5, 5.41) is 39.0. The first-order valence-corrected chi connectivity index (χ1v) is 37.0. The molecule has 0 atom stereocenters. The van der Waals surface area contributed by atoms with Crippen molar-refractivity contribution in [2.45, 2.75) is 0 Å².